The summed E-state index contributed by atoms with van der Waals surface area (Å²) < 4.78 is 0. The summed E-state index contributed by atoms with van der Waals surface area (Å²) in [6.07, 6.45) is 7.88. The molecule has 0 unspecified atom stereocenters. The van der Waals surface area contributed by atoms with Crippen LogP contribution in [0.2, 0.25) is 0 Å². The molecule has 4 nitrogen and oxygen atoms in total. The Kier molecular flexibility index (Phi) is 2.63. The van der Waals surface area contributed by atoms with E-state index in [0.29, 0.717) is 0 Å². The molecule has 1 saturated carbocycles. The molecular weight excluding hydrogens is 272 g/mol. The third-order valence-electron chi connectivity index (χ3n) is 4.58. The van der Waals surface area contributed by atoms with Crippen LogP contribution in [0.25, 0.3) is 0 Å². The van der Waals surface area contributed by atoms with Crippen molar-refractivity contribution in [3.8, 4) is 0 Å². The van der Waals surface area contributed by atoms with Crippen LogP contribution in [0.15, 0.2) is 34.8 Å². The molecule has 3 aliphatic carbocycles. The molecule has 5 rings (SSSR count). The van der Waals surface area contributed by atoms with Crippen molar-refractivity contribution in [3.63, 3.8) is 0 Å². The normalized spacial score (nSPS) is 35.3. The summed E-state index contributed by atoms with van der Waals surface area (Å²) in [5.74, 6) is -0.135. The van der Waals surface area contributed by atoms with E-state index in [4.69, 9.17) is 0 Å². The fraction of sp³-hybridized carbons (Fsp3) is 0.400. The number of carbonyl (C=O) groups is 2. The summed E-state index contributed by atoms with van der Waals surface area (Å²) in [5, 5.41) is 7.19. The number of fused-ring (bicyclic) bond motifs is 1. The smallest absolute Gasteiger partial charge is 0.254 e. The molecule has 20 heavy (non-hydrogen) atoms. The van der Waals surface area contributed by atoms with Crippen LogP contribution in [-0.2, 0) is 9.59 Å². The molecule has 4 atom stereocenters. The summed E-state index contributed by atoms with van der Waals surface area (Å²) >= 11 is 1.54. The fourth-order valence-electron chi connectivity index (χ4n) is 3.65. The number of hydrogen-bond acceptors (Lipinski definition) is 4. The van der Waals surface area contributed by atoms with Crippen molar-refractivity contribution in [3.05, 3.63) is 34.5 Å². The molecule has 0 aromatic carbocycles. The summed E-state index contributed by atoms with van der Waals surface area (Å²) in [4.78, 5) is 25.9. The molecule has 5 heteroatoms. The van der Waals surface area contributed by atoms with Gasteiger partial charge in [0.2, 0.25) is 0 Å². The van der Waals surface area contributed by atoms with Gasteiger partial charge < -0.3 is 0 Å². The molecule has 0 radical (unpaired) electrons. The number of carbonyl (C=O) groups excluding carboxylic acids is 2. The summed E-state index contributed by atoms with van der Waals surface area (Å²) in [7, 11) is 0. The zero-order valence-corrected chi connectivity index (χ0v) is 11.6. The monoisotopic (exact) mass is 286 g/mol. The Balaban J connectivity index is 1.64. The molecule has 1 aromatic rings. The van der Waals surface area contributed by atoms with Crippen molar-refractivity contribution in [2.45, 2.75) is 12.8 Å². The molecule has 0 N–H and O–H groups in total. The predicted octanol–water partition coefficient (Wildman–Crippen LogP) is 2.28. The minimum atomic E-state index is -0.174. The number of thiophene rings is 1. The highest BCUT2D eigenvalue weighted by Crippen LogP contribution is 2.49. The number of hydrazone groups is 1. The molecule has 2 amide bonds. The van der Waals surface area contributed by atoms with E-state index >= 15 is 0 Å². The van der Waals surface area contributed by atoms with E-state index in [1.165, 1.54) is 11.3 Å². The standard InChI is InChI=1S/C15H14N2O2S/c18-14-12-9-3-4-10(6-5-9)13(12)15(19)17(14)16-8-11-2-1-7-20-11/h1-4,7-10,12-13H,5-6H2/b16-8-/t9-,10-,12-,13-/m0/s1. The number of hydrogen-bond donors (Lipinski definition) is 0. The lowest BCUT2D eigenvalue weighted by Gasteiger charge is -2.37. The van der Waals surface area contributed by atoms with Crippen LogP contribution in [0, 0.1) is 23.7 Å². The molecule has 1 aromatic heterocycles. The topological polar surface area (TPSA) is 49.7 Å². The summed E-state index contributed by atoms with van der Waals surface area (Å²) in [5.41, 5.74) is 0. The van der Waals surface area contributed by atoms with Gasteiger partial charge in [0.25, 0.3) is 11.8 Å². The molecule has 2 heterocycles. The zero-order valence-electron chi connectivity index (χ0n) is 10.8. The lowest BCUT2D eigenvalue weighted by molar-refractivity contribution is -0.140. The van der Waals surface area contributed by atoms with Crippen molar-refractivity contribution in [1.29, 1.82) is 0 Å². The van der Waals surface area contributed by atoms with Crippen molar-refractivity contribution in [1.82, 2.24) is 5.01 Å². The van der Waals surface area contributed by atoms with Gasteiger partial charge in [-0.25, -0.2) is 0 Å². The first-order chi connectivity index (χ1) is 9.75. The van der Waals surface area contributed by atoms with Crippen LogP contribution < -0.4 is 0 Å². The van der Waals surface area contributed by atoms with Crippen LogP contribution in [0.3, 0.4) is 0 Å². The Morgan fingerprint density at radius 1 is 1.15 bits per heavy atom. The third kappa shape index (κ3) is 1.62. The molecule has 0 spiro atoms. The largest absolute Gasteiger partial charge is 0.272 e. The van der Waals surface area contributed by atoms with Gasteiger partial charge in [-0.05, 0) is 36.1 Å². The SMILES string of the molecule is O=C1[C@@H]2[C@@H](C(=O)N1/N=C\c1cccs1)[C@H]1C=C[C@H]2CC1. The highest BCUT2D eigenvalue weighted by molar-refractivity contribution is 7.11. The number of allylic oxidation sites excluding steroid dienone is 2. The van der Waals surface area contributed by atoms with Crippen LogP contribution in [0.4, 0.5) is 0 Å². The van der Waals surface area contributed by atoms with E-state index in [9.17, 15) is 9.59 Å². The Hall–Kier alpha value is -1.75. The van der Waals surface area contributed by atoms with Gasteiger partial charge in [0, 0.05) is 4.88 Å². The Morgan fingerprint density at radius 3 is 2.30 bits per heavy atom. The Labute approximate surface area is 120 Å². The van der Waals surface area contributed by atoms with E-state index in [0.717, 1.165) is 22.7 Å². The highest BCUT2D eigenvalue weighted by Gasteiger charge is 2.56. The lowest BCUT2D eigenvalue weighted by Crippen LogP contribution is -2.38. The van der Waals surface area contributed by atoms with Crippen molar-refractivity contribution in [2.75, 3.05) is 0 Å². The van der Waals surface area contributed by atoms with Gasteiger partial charge in [0.1, 0.15) is 0 Å². The number of amides is 2. The first-order valence-electron chi connectivity index (χ1n) is 6.89. The van der Waals surface area contributed by atoms with Crippen LogP contribution in [-0.4, -0.2) is 23.0 Å². The maximum Gasteiger partial charge on any atom is 0.254 e. The number of imide groups is 1. The molecule has 2 bridgehead atoms. The summed E-state index contributed by atoms with van der Waals surface area (Å²) in [6, 6.07) is 3.83. The van der Waals surface area contributed by atoms with Gasteiger partial charge in [0.05, 0.1) is 18.1 Å². The average Bonchev–Trinajstić information content (AvgIpc) is 3.08. The molecule has 102 valence electrons. The predicted molar refractivity (Wildman–Crippen MR) is 76.1 cm³/mol. The van der Waals surface area contributed by atoms with Gasteiger partial charge in [-0.1, -0.05) is 18.2 Å². The van der Waals surface area contributed by atoms with Gasteiger partial charge >= 0.3 is 0 Å². The number of rotatable bonds is 2. The van der Waals surface area contributed by atoms with Gasteiger partial charge in [-0.15, -0.1) is 11.3 Å². The van der Waals surface area contributed by atoms with E-state index in [1.807, 2.05) is 17.5 Å². The minimum Gasteiger partial charge on any atom is -0.272 e. The highest BCUT2D eigenvalue weighted by atomic mass is 32.1. The maximum absolute atomic E-state index is 12.5. The molecule has 2 fully saturated rings. The van der Waals surface area contributed by atoms with Crippen molar-refractivity contribution >= 4 is 29.4 Å². The summed E-state index contributed by atoms with van der Waals surface area (Å²) in [6.45, 7) is 0. The van der Waals surface area contributed by atoms with Crippen molar-refractivity contribution in [2.24, 2.45) is 28.8 Å². The Bertz CT molecular complexity index is 588. The molecule has 4 aliphatic rings. The second-order valence-corrected chi connectivity index (χ2v) is 6.57. The molecule has 1 saturated heterocycles. The van der Waals surface area contributed by atoms with Crippen LogP contribution in [0.5, 0.6) is 0 Å². The van der Waals surface area contributed by atoms with E-state index in [2.05, 4.69) is 17.3 Å². The fourth-order valence-corrected chi connectivity index (χ4v) is 4.23. The molecule has 1 aliphatic heterocycles. The first-order valence-corrected chi connectivity index (χ1v) is 7.77. The van der Waals surface area contributed by atoms with Gasteiger partial charge in [0.15, 0.2) is 0 Å². The zero-order chi connectivity index (χ0) is 13.7. The van der Waals surface area contributed by atoms with Crippen LogP contribution >= 0.6 is 11.3 Å². The third-order valence-corrected chi connectivity index (χ3v) is 5.39. The molecular formula is C15H14N2O2S. The van der Waals surface area contributed by atoms with Crippen LogP contribution in [0.1, 0.15) is 17.7 Å². The van der Waals surface area contributed by atoms with E-state index < -0.39 is 0 Å². The second-order valence-electron chi connectivity index (χ2n) is 5.59. The average molecular weight is 286 g/mol. The maximum atomic E-state index is 12.5. The first kappa shape index (κ1) is 12.0. The van der Waals surface area contributed by atoms with Gasteiger partial charge in [-0.3, -0.25) is 9.59 Å². The van der Waals surface area contributed by atoms with Gasteiger partial charge in [-0.2, -0.15) is 10.1 Å². The quantitative estimate of drug-likeness (QED) is 0.476. The number of nitrogens with zero attached hydrogens (tertiary/aromatic N) is 2. The minimum absolute atomic E-state index is 0.119. The Morgan fingerprint density at radius 2 is 1.80 bits per heavy atom. The van der Waals surface area contributed by atoms with Crippen molar-refractivity contribution < 1.29 is 9.59 Å². The van der Waals surface area contributed by atoms with E-state index in [-0.39, 0.29) is 35.5 Å². The second kappa shape index (κ2) is 4.38. The van der Waals surface area contributed by atoms with E-state index in [1.54, 1.807) is 6.21 Å². The lowest BCUT2D eigenvalue weighted by atomic mass is 9.63.